The molecule has 0 aromatic rings. The highest BCUT2D eigenvalue weighted by Gasteiger charge is 2.26. The molecule has 0 aromatic heterocycles. The molecule has 0 atom stereocenters. The molecular formula is C16H26O. The van der Waals surface area contributed by atoms with Gasteiger partial charge in [0, 0.05) is 0 Å². The van der Waals surface area contributed by atoms with Crippen LogP contribution in [-0.2, 0) is 4.74 Å². The third-order valence-corrected chi connectivity index (χ3v) is 2.64. The van der Waals surface area contributed by atoms with Crippen molar-refractivity contribution in [3.8, 4) is 0 Å². The highest BCUT2D eigenvalue weighted by atomic mass is 16.5. The average molecular weight is 234 g/mol. The predicted molar refractivity (Wildman–Crippen MR) is 75.1 cm³/mol. The molecule has 0 saturated heterocycles. The molecule has 1 heteroatoms. The lowest BCUT2D eigenvalue weighted by Crippen LogP contribution is -2.30. The normalized spacial score (nSPS) is 16.9. The summed E-state index contributed by atoms with van der Waals surface area (Å²) in [5, 5.41) is 0. The van der Waals surface area contributed by atoms with Crippen molar-refractivity contribution in [1.82, 2.24) is 0 Å². The largest absolute Gasteiger partial charge is 0.371 e. The summed E-state index contributed by atoms with van der Waals surface area (Å²) in [6, 6.07) is 0. The van der Waals surface area contributed by atoms with Gasteiger partial charge in [0.2, 0.25) is 0 Å². The first-order chi connectivity index (χ1) is 7.79. The zero-order chi connectivity index (χ0) is 12.9. The molecule has 0 fully saturated rings. The van der Waals surface area contributed by atoms with Crippen LogP contribution < -0.4 is 0 Å². The Kier molecular flexibility index (Phi) is 4.76. The number of allylic oxidation sites excluding steroid dienone is 4. The summed E-state index contributed by atoms with van der Waals surface area (Å²) >= 11 is 0. The number of ether oxygens (including phenoxy) is 1. The molecule has 1 nitrogen and oxygen atoms in total. The van der Waals surface area contributed by atoms with Crippen molar-refractivity contribution in [1.29, 1.82) is 0 Å². The van der Waals surface area contributed by atoms with Crippen LogP contribution in [0.1, 0.15) is 47.5 Å². The monoisotopic (exact) mass is 234 g/mol. The average Bonchev–Trinajstić information content (AvgIpc) is 2.38. The molecule has 0 unspecified atom stereocenters. The molecule has 0 spiro atoms. The van der Waals surface area contributed by atoms with Crippen LogP contribution in [-0.4, -0.2) is 12.2 Å². The van der Waals surface area contributed by atoms with Crippen LogP contribution in [0.25, 0.3) is 0 Å². The summed E-state index contributed by atoms with van der Waals surface area (Å²) in [4.78, 5) is 0. The maximum atomic E-state index is 6.05. The maximum Gasteiger partial charge on any atom is 0.0724 e. The van der Waals surface area contributed by atoms with Crippen molar-refractivity contribution >= 4 is 0 Å². The van der Waals surface area contributed by atoms with E-state index in [-0.39, 0.29) is 5.60 Å². The van der Waals surface area contributed by atoms with E-state index < -0.39 is 0 Å². The molecule has 0 aliphatic heterocycles. The minimum atomic E-state index is -0.0665. The van der Waals surface area contributed by atoms with Crippen LogP contribution in [0.4, 0.5) is 0 Å². The van der Waals surface area contributed by atoms with E-state index in [2.05, 4.69) is 65.0 Å². The topological polar surface area (TPSA) is 9.23 Å². The fourth-order valence-corrected chi connectivity index (χ4v) is 2.33. The molecule has 1 aliphatic carbocycles. The number of rotatable bonds is 4. The van der Waals surface area contributed by atoms with Gasteiger partial charge in [0.15, 0.2) is 0 Å². The first-order valence-electron chi connectivity index (χ1n) is 6.45. The molecule has 0 radical (unpaired) electrons. The van der Waals surface area contributed by atoms with Crippen LogP contribution in [0, 0.1) is 5.41 Å². The smallest absolute Gasteiger partial charge is 0.0724 e. The van der Waals surface area contributed by atoms with Gasteiger partial charge in [-0.05, 0) is 37.7 Å². The van der Waals surface area contributed by atoms with Crippen molar-refractivity contribution in [2.75, 3.05) is 6.61 Å². The van der Waals surface area contributed by atoms with Gasteiger partial charge in [-0.15, -0.1) is 0 Å². The Morgan fingerprint density at radius 3 is 2.47 bits per heavy atom. The molecule has 0 bridgehead atoms. The SMILES string of the molecule is CC(C)(C)CC(C)(C)OCC1=CC=CCC=C1. The minimum Gasteiger partial charge on any atom is -0.371 e. The quantitative estimate of drug-likeness (QED) is 0.687. The standard InChI is InChI=1S/C16H26O/c1-15(2,3)13-16(4,5)17-12-14-10-8-6-7-9-11-14/h6,8-11H,7,12-13H2,1-5H3. The van der Waals surface area contributed by atoms with Crippen molar-refractivity contribution in [3.05, 3.63) is 36.0 Å². The predicted octanol–water partition coefficient (Wildman–Crippen LogP) is 4.66. The fraction of sp³-hybridized carbons (Fsp3) is 0.625. The van der Waals surface area contributed by atoms with Gasteiger partial charge in [0.1, 0.15) is 0 Å². The minimum absolute atomic E-state index is 0.0665. The molecule has 0 heterocycles. The first-order valence-corrected chi connectivity index (χ1v) is 6.45. The summed E-state index contributed by atoms with van der Waals surface area (Å²) in [5.74, 6) is 0. The highest BCUT2D eigenvalue weighted by Crippen LogP contribution is 2.29. The summed E-state index contributed by atoms with van der Waals surface area (Å²) in [7, 11) is 0. The Balaban J connectivity index is 2.49. The van der Waals surface area contributed by atoms with Crippen LogP contribution in [0.5, 0.6) is 0 Å². The Hall–Kier alpha value is -0.820. The van der Waals surface area contributed by atoms with Crippen LogP contribution in [0.2, 0.25) is 0 Å². The van der Waals surface area contributed by atoms with E-state index >= 15 is 0 Å². The Morgan fingerprint density at radius 2 is 1.82 bits per heavy atom. The Bertz CT molecular complexity index is 324. The number of hydrogen-bond donors (Lipinski definition) is 0. The second kappa shape index (κ2) is 5.68. The first kappa shape index (κ1) is 14.2. The van der Waals surface area contributed by atoms with E-state index in [1.807, 2.05) is 0 Å². The van der Waals surface area contributed by atoms with Gasteiger partial charge in [0.05, 0.1) is 12.2 Å². The van der Waals surface area contributed by atoms with Crippen molar-refractivity contribution in [2.45, 2.75) is 53.1 Å². The molecule has 17 heavy (non-hydrogen) atoms. The van der Waals surface area contributed by atoms with Crippen molar-refractivity contribution < 1.29 is 4.74 Å². The molecular weight excluding hydrogens is 208 g/mol. The lowest BCUT2D eigenvalue weighted by atomic mass is 9.83. The summed E-state index contributed by atoms with van der Waals surface area (Å²) < 4.78 is 6.05. The zero-order valence-corrected chi connectivity index (χ0v) is 11.9. The highest BCUT2D eigenvalue weighted by molar-refractivity contribution is 5.27. The van der Waals surface area contributed by atoms with Gasteiger partial charge in [-0.1, -0.05) is 51.2 Å². The van der Waals surface area contributed by atoms with Crippen LogP contribution in [0.15, 0.2) is 36.0 Å². The van der Waals surface area contributed by atoms with Gasteiger partial charge < -0.3 is 4.74 Å². The third-order valence-electron chi connectivity index (χ3n) is 2.64. The second-order valence-corrected chi connectivity index (χ2v) is 6.59. The summed E-state index contributed by atoms with van der Waals surface area (Å²) in [6.07, 6.45) is 12.8. The molecule has 0 N–H and O–H groups in total. The van der Waals surface area contributed by atoms with Crippen LogP contribution >= 0.6 is 0 Å². The Labute approximate surface area is 106 Å². The molecule has 0 saturated carbocycles. The van der Waals surface area contributed by atoms with E-state index in [9.17, 15) is 0 Å². The van der Waals surface area contributed by atoms with Gasteiger partial charge in [0.25, 0.3) is 0 Å². The maximum absolute atomic E-state index is 6.05. The van der Waals surface area contributed by atoms with E-state index in [4.69, 9.17) is 4.74 Å². The van der Waals surface area contributed by atoms with Gasteiger partial charge >= 0.3 is 0 Å². The van der Waals surface area contributed by atoms with E-state index in [1.165, 1.54) is 5.57 Å². The second-order valence-electron chi connectivity index (χ2n) is 6.59. The molecule has 1 aliphatic rings. The summed E-state index contributed by atoms with van der Waals surface area (Å²) in [5.41, 5.74) is 1.49. The van der Waals surface area contributed by atoms with E-state index in [0.29, 0.717) is 12.0 Å². The fourth-order valence-electron chi connectivity index (χ4n) is 2.33. The van der Waals surface area contributed by atoms with Crippen LogP contribution in [0.3, 0.4) is 0 Å². The van der Waals surface area contributed by atoms with Crippen molar-refractivity contribution in [3.63, 3.8) is 0 Å². The van der Waals surface area contributed by atoms with Gasteiger partial charge in [-0.3, -0.25) is 0 Å². The Morgan fingerprint density at radius 1 is 1.12 bits per heavy atom. The lowest BCUT2D eigenvalue weighted by molar-refractivity contribution is -0.0312. The third kappa shape index (κ3) is 6.48. The van der Waals surface area contributed by atoms with Crippen molar-refractivity contribution in [2.24, 2.45) is 5.41 Å². The van der Waals surface area contributed by atoms with Gasteiger partial charge in [-0.2, -0.15) is 0 Å². The molecule has 0 amide bonds. The zero-order valence-electron chi connectivity index (χ0n) is 11.9. The van der Waals surface area contributed by atoms with E-state index in [1.54, 1.807) is 0 Å². The summed E-state index contributed by atoms with van der Waals surface area (Å²) in [6.45, 7) is 11.8. The molecule has 0 aromatic carbocycles. The van der Waals surface area contributed by atoms with Gasteiger partial charge in [-0.25, -0.2) is 0 Å². The van der Waals surface area contributed by atoms with E-state index in [0.717, 1.165) is 12.8 Å². The number of hydrogen-bond acceptors (Lipinski definition) is 1. The molecule has 1 rings (SSSR count). The lowest BCUT2D eigenvalue weighted by Gasteiger charge is -2.32. The molecule has 96 valence electrons.